The van der Waals surface area contributed by atoms with Crippen molar-refractivity contribution in [1.29, 1.82) is 0 Å². The largest absolute Gasteiger partial charge is 0.454 e. The predicted octanol–water partition coefficient (Wildman–Crippen LogP) is 2.97. The highest BCUT2D eigenvalue weighted by Crippen LogP contribution is 2.35. The number of benzene rings is 2. The molecule has 0 aliphatic carbocycles. The molecular weight excluding hydrogens is 238 g/mol. The van der Waals surface area contributed by atoms with Crippen LogP contribution >= 0.6 is 0 Å². The van der Waals surface area contributed by atoms with E-state index in [1.807, 2.05) is 12.1 Å². The van der Waals surface area contributed by atoms with Gasteiger partial charge in [-0.15, -0.1) is 0 Å². The van der Waals surface area contributed by atoms with Crippen LogP contribution in [-0.4, -0.2) is 13.3 Å². The lowest BCUT2D eigenvalue weighted by Gasteiger charge is -2.05. The van der Waals surface area contributed by atoms with Crippen LogP contribution in [0.3, 0.4) is 0 Å². The van der Waals surface area contributed by atoms with Gasteiger partial charge in [-0.05, 0) is 48.2 Å². The van der Waals surface area contributed by atoms with Crippen LogP contribution in [0.15, 0.2) is 42.5 Å². The van der Waals surface area contributed by atoms with E-state index < -0.39 is 0 Å². The Morgan fingerprint density at radius 1 is 0.895 bits per heavy atom. The van der Waals surface area contributed by atoms with Crippen molar-refractivity contribution in [2.75, 3.05) is 13.3 Å². The van der Waals surface area contributed by atoms with E-state index in [0.717, 1.165) is 36.4 Å². The molecule has 19 heavy (non-hydrogen) atoms. The van der Waals surface area contributed by atoms with Crippen LogP contribution in [-0.2, 0) is 6.42 Å². The van der Waals surface area contributed by atoms with Gasteiger partial charge in [-0.1, -0.05) is 30.3 Å². The van der Waals surface area contributed by atoms with E-state index in [9.17, 15) is 0 Å². The zero-order valence-corrected chi connectivity index (χ0v) is 10.8. The molecule has 0 fully saturated rings. The third kappa shape index (κ3) is 2.56. The molecule has 0 aromatic heterocycles. The number of rotatable bonds is 4. The van der Waals surface area contributed by atoms with E-state index in [-0.39, 0.29) is 0 Å². The number of aryl methyl sites for hydroxylation is 1. The zero-order valence-electron chi connectivity index (χ0n) is 10.8. The van der Waals surface area contributed by atoms with E-state index in [1.165, 1.54) is 11.1 Å². The molecule has 0 spiro atoms. The Kier molecular flexibility index (Phi) is 3.38. The Labute approximate surface area is 113 Å². The van der Waals surface area contributed by atoms with Gasteiger partial charge >= 0.3 is 0 Å². The fourth-order valence-electron chi connectivity index (χ4n) is 2.25. The summed E-state index contributed by atoms with van der Waals surface area (Å²) in [4.78, 5) is 0. The first-order valence-corrected chi connectivity index (χ1v) is 6.56. The fraction of sp³-hybridized carbons (Fsp3) is 0.250. The van der Waals surface area contributed by atoms with Crippen LogP contribution in [0.5, 0.6) is 11.5 Å². The molecule has 1 heterocycles. The minimum absolute atomic E-state index is 0.316. The lowest BCUT2D eigenvalue weighted by molar-refractivity contribution is 0.174. The molecule has 2 aromatic carbocycles. The van der Waals surface area contributed by atoms with E-state index >= 15 is 0 Å². The smallest absolute Gasteiger partial charge is 0.231 e. The maximum atomic E-state index is 5.52. The monoisotopic (exact) mass is 255 g/mol. The van der Waals surface area contributed by atoms with Gasteiger partial charge in [0.2, 0.25) is 6.79 Å². The van der Waals surface area contributed by atoms with Gasteiger partial charge in [0.15, 0.2) is 11.5 Å². The number of hydrogen-bond donors (Lipinski definition) is 1. The first-order chi connectivity index (χ1) is 9.36. The summed E-state index contributed by atoms with van der Waals surface area (Å²) in [5, 5.41) is 0. The molecule has 0 radical (unpaired) electrons. The van der Waals surface area contributed by atoms with Gasteiger partial charge in [-0.3, -0.25) is 0 Å². The lowest BCUT2D eigenvalue weighted by Crippen LogP contribution is -2.00. The van der Waals surface area contributed by atoms with Crippen molar-refractivity contribution in [2.45, 2.75) is 12.8 Å². The molecule has 0 unspecified atom stereocenters. The molecule has 1 aliphatic rings. The van der Waals surface area contributed by atoms with E-state index in [2.05, 4.69) is 30.3 Å². The number of hydrogen-bond acceptors (Lipinski definition) is 3. The summed E-state index contributed by atoms with van der Waals surface area (Å²) in [6.07, 6.45) is 2.07. The number of nitrogens with two attached hydrogens (primary N) is 1. The molecular formula is C16H17NO2. The van der Waals surface area contributed by atoms with Crippen molar-refractivity contribution >= 4 is 0 Å². The summed E-state index contributed by atoms with van der Waals surface area (Å²) < 4.78 is 10.7. The zero-order chi connectivity index (χ0) is 13.1. The third-order valence-electron chi connectivity index (χ3n) is 3.33. The van der Waals surface area contributed by atoms with Crippen molar-refractivity contribution < 1.29 is 9.47 Å². The molecule has 3 nitrogen and oxygen atoms in total. The molecule has 0 bridgehead atoms. The summed E-state index contributed by atoms with van der Waals surface area (Å²) >= 11 is 0. The van der Waals surface area contributed by atoms with Gasteiger partial charge in [-0.2, -0.15) is 0 Å². The Balaban J connectivity index is 1.82. The summed E-state index contributed by atoms with van der Waals surface area (Å²) in [5.74, 6) is 1.65. The van der Waals surface area contributed by atoms with Gasteiger partial charge in [-0.25, -0.2) is 0 Å². The Bertz CT molecular complexity index is 563. The Morgan fingerprint density at radius 3 is 2.42 bits per heavy atom. The van der Waals surface area contributed by atoms with Crippen LogP contribution in [0.1, 0.15) is 12.0 Å². The van der Waals surface area contributed by atoms with Crippen molar-refractivity contribution in [2.24, 2.45) is 5.73 Å². The minimum Gasteiger partial charge on any atom is -0.454 e. The summed E-state index contributed by atoms with van der Waals surface area (Å²) in [6.45, 7) is 1.06. The molecule has 2 aromatic rings. The van der Waals surface area contributed by atoms with Crippen LogP contribution in [0.4, 0.5) is 0 Å². The maximum Gasteiger partial charge on any atom is 0.231 e. The second-order valence-corrected chi connectivity index (χ2v) is 4.66. The van der Waals surface area contributed by atoms with Gasteiger partial charge < -0.3 is 15.2 Å². The van der Waals surface area contributed by atoms with Crippen molar-refractivity contribution in [1.82, 2.24) is 0 Å². The van der Waals surface area contributed by atoms with Crippen LogP contribution in [0, 0.1) is 0 Å². The van der Waals surface area contributed by atoms with Crippen molar-refractivity contribution in [3.05, 3.63) is 48.0 Å². The molecule has 98 valence electrons. The molecule has 0 saturated carbocycles. The average molecular weight is 255 g/mol. The van der Waals surface area contributed by atoms with Gasteiger partial charge in [0.05, 0.1) is 0 Å². The Hall–Kier alpha value is -2.00. The summed E-state index contributed by atoms with van der Waals surface area (Å²) in [6, 6.07) is 14.7. The van der Waals surface area contributed by atoms with Gasteiger partial charge in [0.1, 0.15) is 0 Å². The van der Waals surface area contributed by atoms with Crippen molar-refractivity contribution in [3.8, 4) is 22.6 Å². The van der Waals surface area contributed by atoms with Crippen LogP contribution < -0.4 is 15.2 Å². The standard InChI is InChI=1S/C16H17NO2/c17-9-1-2-12-3-5-13(6-4-12)14-7-8-15-16(10-14)19-11-18-15/h3-8,10H,1-2,9,11,17H2. The quantitative estimate of drug-likeness (QED) is 0.913. The molecule has 2 N–H and O–H groups in total. The minimum atomic E-state index is 0.316. The third-order valence-corrected chi connectivity index (χ3v) is 3.33. The highest BCUT2D eigenvalue weighted by molar-refractivity contribution is 5.67. The van der Waals surface area contributed by atoms with Crippen molar-refractivity contribution in [3.63, 3.8) is 0 Å². The second-order valence-electron chi connectivity index (χ2n) is 4.66. The molecule has 3 rings (SSSR count). The van der Waals surface area contributed by atoms with E-state index in [0.29, 0.717) is 6.79 Å². The average Bonchev–Trinajstić information content (AvgIpc) is 2.93. The van der Waals surface area contributed by atoms with Crippen LogP contribution in [0.25, 0.3) is 11.1 Å². The SMILES string of the molecule is NCCCc1ccc(-c2ccc3c(c2)OCO3)cc1. The summed E-state index contributed by atoms with van der Waals surface area (Å²) in [7, 11) is 0. The topological polar surface area (TPSA) is 44.5 Å². The fourth-order valence-corrected chi connectivity index (χ4v) is 2.25. The molecule has 0 amide bonds. The first-order valence-electron chi connectivity index (χ1n) is 6.56. The van der Waals surface area contributed by atoms with E-state index in [1.54, 1.807) is 0 Å². The molecule has 0 atom stereocenters. The molecule has 3 heteroatoms. The first kappa shape index (κ1) is 12.1. The van der Waals surface area contributed by atoms with E-state index in [4.69, 9.17) is 15.2 Å². The second kappa shape index (κ2) is 5.33. The predicted molar refractivity (Wildman–Crippen MR) is 75.4 cm³/mol. The highest BCUT2D eigenvalue weighted by atomic mass is 16.7. The normalized spacial score (nSPS) is 12.7. The number of ether oxygens (including phenoxy) is 2. The Morgan fingerprint density at radius 2 is 1.63 bits per heavy atom. The summed E-state index contributed by atoms with van der Waals surface area (Å²) in [5.41, 5.74) is 9.19. The highest BCUT2D eigenvalue weighted by Gasteiger charge is 2.13. The van der Waals surface area contributed by atoms with Crippen LogP contribution in [0.2, 0.25) is 0 Å². The van der Waals surface area contributed by atoms with Gasteiger partial charge in [0, 0.05) is 0 Å². The molecule has 1 aliphatic heterocycles. The number of fused-ring (bicyclic) bond motifs is 1. The lowest BCUT2D eigenvalue weighted by atomic mass is 10.0. The van der Waals surface area contributed by atoms with Gasteiger partial charge in [0.25, 0.3) is 0 Å². The molecule has 0 saturated heterocycles. The maximum absolute atomic E-state index is 5.52.